The quantitative estimate of drug-likeness (QED) is 0.650. The molecule has 0 aliphatic heterocycles. The number of hydrogen-bond donors (Lipinski definition) is 1. The van der Waals surface area contributed by atoms with Crippen molar-refractivity contribution in [1.82, 2.24) is 10.2 Å². The molecule has 114 valence electrons. The molecule has 0 fully saturated rings. The van der Waals surface area contributed by atoms with Crippen LogP contribution in [0.3, 0.4) is 0 Å². The van der Waals surface area contributed by atoms with E-state index in [4.69, 9.17) is 0 Å². The maximum Gasteiger partial charge on any atom is 0.0230 e. The van der Waals surface area contributed by atoms with Gasteiger partial charge in [0.2, 0.25) is 0 Å². The van der Waals surface area contributed by atoms with Crippen LogP contribution in [0, 0.1) is 6.92 Å². The van der Waals surface area contributed by atoms with Crippen molar-refractivity contribution in [1.29, 1.82) is 0 Å². The Labute approximate surface area is 125 Å². The number of aryl methyl sites for hydroxylation is 1. The Bertz CT molecular complexity index is 362. The minimum atomic E-state index is 0.664. The molecule has 0 amide bonds. The van der Waals surface area contributed by atoms with Crippen LogP contribution in [0.15, 0.2) is 24.3 Å². The monoisotopic (exact) mass is 276 g/mol. The third-order valence-corrected chi connectivity index (χ3v) is 3.70. The molecule has 1 aromatic rings. The Morgan fingerprint density at radius 3 is 2.75 bits per heavy atom. The molecule has 1 unspecified atom stereocenters. The molecular formula is C18H32N2. The molecule has 0 bridgehead atoms. The summed E-state index contributed by atoms with van der Waals surface area (Å²) in [5.41, 5.74) is 2.78. The second kappa shape index (κ2) is 9.95. The van der Waals surface area contributed by atoms with Gasteiger partial charge in [0.1, 0.15) is 0 Å². The van der Waals surface area contributed by atoms with E-state index in [9.17, 15) is 0 Å². The van der Waals surface area contributed by atoms with Gasteiger partial charge in [-0.25, -0.2) is 0 Å². The van der Waals surface area contributed by atoms with Gasteiger partial charge in [0.25, 0.3) is 0 Å². The number of benzene rings is 1. The minimum absolute atomic E-state index is 0.664. The molecule has 0 saturated heterocycles. The molecule has 0 aliphatic rings. The van der Waals surface area contributed by atoms with Crippen molar-refractivity contribution in [2.75, 3.05) is 20.1 Å². The normalized spacial score (nSPS) is 12.8. The molecule has 1 aromatic carbocycles. The van der Waals surface area contributed by atoms with E-state index in [2.05, 4.69) is 62.3 Å². The van der Waals surface area contributed by atoms with Crippen LogP contribution in [0.1, 0.15) is 50.7 Å². The molecule has 0 heterocycles. The van der Waals surface area contributed by atoms with Crippen molar-refractivity contribution in [2.24, 2.45) is 0 Å². The lowest BCUT2D eigenvalue weighted by Gasteiger charge is -2.18. The van der Waals surface area contributed by atoms with Crippen LogP contribution < -0.4 is 5.32 Å². The SMILES string of the molecule is CCCNC(C)CCCCN(C)Cc1cccc(C)c1. The summed E-state index contributed by atoms with van der Waals surface area (Å²) >= 11 is 0. The van der Waals surface area contributed by atoms with Crippen LogP contribution in [-0.4, -0.2) is 31.1 Å². The highest BCUT2D eigenvalue weighted by Gasteiger charge is 2.03. The lowest BCUT2D eigenvalue weighted by Crippen LogP contribution is -2.27. The smallest absolute Gasteiger partial charge is 0.0230 e. The molecule has 1 atom stereocenters. The molecule has 2 heteroatoms. The van der Waals surface area contributed by atoms with E-state index in [1.165, 1.54) is 43.4 Å². The van der Waals surface area contributed by atoms with Gasteiger partial charge in [-0.2, -0.15) is 0 Å². The van der Waals surface area contributed by atoms with E-state index >= 15 is 0 Å². The van der Waals surface area contributed by atoms with Gasteiger partial charge in [-0.05, 0) is 58.8 Å². The van der Waals surface area contributed by atoms with Gasteiger partial charge in [-0.1, -0.05) is 43.2 Å². The van der Waals surface area contributed by atoms with Gasteiger partial charge in [0.15, 0.2) is 0 Å². The Morgan fingerprint density at radius 1 is 1.25 bits per heavy atom. The first-order chi connectivity index (χ1) is 9.61. The summed E-state index contributed by atoms with van der Waals surface area (Å²) in [6.45, 7) is 10.1. The standard InChI is InChI=1S/C18H32N2/c1-5-12-19-17(3)10-6-7-13-20(4)15-18-11-8-9-16(2)14-18/h8-9,11,14,17,19H,5-7,10,12-13,15H2,1-4H3. The van der Waals surface area contributed by atoms with E-state index in [-0.39, 0.29) is 0 Å². The molecule has 0 spiro atoms. The van der Waals surface area contributed by atoms with Crippen LogP contribution in [0.25, 0.3) is 0 Å². The lowest BCUT2D eigenvalue weighted by atomic mass is 10.1. The highest BCUT2D eigenvalue weighted by atomic mass is 15.1. The van der Waals surface area contributed by atoms with Crippen molar-refractivity contribution in [3.8, 4) is 0 Å². The van der Waals surface area contributed by atoms with Crippen LogP contribution in [-0.2, 0) is 6.54 Å². The molecule has 0 aromatic heterocycles. The Kier molecular flexibility index (Phi) is 8.56. The first-order valence-electron chi connectivity index (χ1n) is 8.09. The second-order valence-corrected chi connectivity index (χ2v) is 6.08. The van der Waals surface area contributed by atoms with Crippen LogP contribution in [0.2, 0.25) is 0 Å². The summed E-state index contributed by atoms with van der Waals surface area (Å²) in [4.78, 5) is 2.43. The zero-order valence-electron chi connectivity index (χ0n) is 13.8. The Balaban J connectivity index is 2.12. The first-order valence-corrected chi connectivity index (χ1v) is 8.09. The molecular weight excluding hydrogens is 244 g/mol. The third kappa shape index (κ3) is 7.66. The third-order valence-electron chi connectivity index (χ3n) is 3.70. The molecule has 1 N–H and O–H groups in total. The molecule has 2 nitrogen and oxygen atoms in total. The zero-order valence-corrected chi connectivity index (χ0v) is 13.8. The fourth-order valence-corrected chi connectivity index (χ4v) is 2.53. The van der Waals surface area contributed by atoms with Crippen molar-refractivity contribution >= 4 is 0 Å². The van der Waals surface area contributed by atoms with E-state index in [0.717, 1.165) is 13.1 Å². The van der Waals surface area contributed by atoms with Crippen molar-refractivity contribution in [2.45, 2.75) is 59.0 Å². The van der Waals surface area contributed by atoms with E-state index in [1.807, 2.05) is 0 Å². The average molecular weight is 276 g/mol. The zero-order chi connectivity index (χ0) is 14.8. The van der Waals surface area contributed by atoms with Gasteiger partial charge in [-0.15, -0.1) is 0 Å². The van der Waals surface area contributed by atoms with Crippen molar-refractivity contribution in [3.63, 3.8) is 0 Å². The summed E-state index contributed by atoms with van der Waals surface area (Å²) in [5, 5.41) is 3.55. The minimum Gasteiger partial charge on any atom is -0.314 e. The summed E-state index contributed by atoms with van der Waals surface area (Å²) < 4.78 is 0. The van der Waals surface area contributed by atoms with Crippen LogP contribution in [0.4, 0.5) is 0 Å². The summed E-state index contributed by atoms with van der Waals surface area (Å²) in [7, 11) is 2.22. The molecule has 0 radical (unpaired) electrons. The number of hydrogen-bond acceptors (Lipinski definition) is 2. The van der Waals surface area contributed by atoms with E-state index in [1.54, 1.807) is 0 Å². The van der Waals surface area contributed by atoms with Crippen LogP contribution >= 0.6 is 0 Å². The lowest BCUT2D eigenvalue weighted by molar-refractivity contribution is 0.314. The first kappa shape index (κ1) is 17.2. The maximum atomic E-state index is 3.55. The maximum absolute atomic E-state index is 3.55. The van der Waals surface area contributed by atoms with Crippen molar-refractivity contribution < 1.29 is 0 Å². The molecule has 0 saturated carbocycles. The predicted molar refractivity (Wildman–Crippen MR) is 89.1 cm³/mol. The van der Waals surface area contributed by atoms with Gasteiger partial charge in [0.05, 0.1) is 0 Å². The molecule has 1 rings (SSSR count). The average Bonchev–Trinajstić information content (AvgIpc) is 2.41. The van der Waals surface area contributed by atoms with E-state index in [0.29, 0.717) is 6.04 Å². The van der Waals surface area contributed by atoms with Crippen LogP contribution in [0.5, 0.6) is 0 Å². The summed E-state index contributed by atoms with van der Waals surface area (Å²) in [5.74, 6) is 0. The fraction of sp³-hybridized carbons (Fsp3) is 0.667. The van der Waals surface area contributed by atoms with Gasteiger partial charge in [-0.3, -0.25) is 0 Å². The second-order valence-electron chi connectivity index (χ2n) is 6.08. The van der Waals surface area contributed by atoms with E-state index < -0.39 is 0 Å². The Hall–Kier alpha value is -0.860. The number of unbranched alkanes of at least 4 members (excludes halogenated alkanes) is 1. The highest BCUT2D eigenvalue weighted by Crippen LogP contribution is 2.08. The predicted octanol–water partition coefficient (Wildman–Crippen LogP) is 3.99. The molecule has 0 aliphatic carbocycles. The number of rotatable bonds is 10. The Morgan fingerprint density at radius 2 is 2.05 bits per heavy atom. The molecule has 20 heavy (non-hydrogen) atoms. The summed E-state index contributed by atoms with van der Waals surface area (Å²) in [6.07, 6.45) is 5.12. The largest absolute Gasteiger partial charge is 0.314 e. The highest BCUT2D eigenvalue weighted by molar-refractivity contribution is 5.21. The fourth-order valence-electron chi connectivity index (χ4n) is 2.53. The number of nitrogens with zero attached hydrogens (tertiary/aromatic N) is 1. The van der Waals surface area contributed by atoms with Crippen molar-refractivity contribution in [3.05, 3.63) is 35.4 Å². The van der Waals surface area contributed by atoms with Gasteiger partial charge >= 0.3 is 0 Å². The van der Waals surface area contributed by atoms with Gasteiger partial charge in [0, 0.05) is 12.6 Å². The number of nitrogens with one attached hydrogen (secondary N) is 1. The summed E-state index contributed by atoms with van der Waals surface area (Å²) in [6, 6.07) is 9.48. The topological polar surface area (TPSA) is 15.3 Å². The van der Waals surface area contributed by atoms with Gasteiger partial charge < -0.3 is 10.2 Å².